The molecule has 1 N–H and O–H groups in total. The Kier molecular flexibility index (Phi) is 9.10. The maximum absolute atomic E-state index is 14.0. The van der Waals surface area contributed by atoms with Crippen molar-refractivity contribution in [3.05, 3.63) is 51.6 Å². The summed E-state index contributed by atoms with van der Waals surface area (Å²) < 4.78 is 54.7. The second-order valence-electron chi connectivity index (χ2n) is 9.55. The minimum Gasteiger partial charge on any atom is -0.360 e. The number of anilines is 1. The Morgan fingerprint density at radius 2 is 2.00 bits per heavy atom. The predicted molar refractivity (Wildman–Crippen MR) is 154 cm³/mol. The van der Waals surface area contributed by atoms with Crippen LogP contribution < -0.4 is 10.9 Å². The molecule has 0 saturated heterocycles. The molecule has 0 bridgehead atoms. The highest BCUT2D eigenvalue weighted by molar-refractivity contribution is 7.85. The molecule has 0 aromatic carbocycles. The van der Waals surface area contributed by atoms with E-state index in [9.17, 15) is 22.2 Å². The molecule has 0 amide bonds. The average molecular weight is 589 g/mol. The van der Waals surface area contributed by atoms with Gasteiger partial charge < -0.3 is 5.32 Å². The second kappa shape index (κ2) is 12.4. The number of pyridine rings is 1. The molecule has 14 heteroatoms. The summed E-state index contributed by atoms with van der Waals surface area (Å²) in [5, 5.41) is 2.82. The van der Waals surface area contributed by atoms with Crippen molar-refractivity contribution in [2.75, 3.05) is 11.1 Å². The van der Waals surface area contributed by atoms with Crippen LogP contribution in [0.1, 0.15) is 63.3 Å². The zero-order chi connectivity index (χ0) is 29.9. The quantitative estimate of drug-likeness (QED) is 0.246. The Morgan fingerprint density at radius 1 is 1.27 bits per heavy atom. The van der Waals surface area contributed by atoms with E-state index in [1.165, 1.54) is 12.5 Å². The van der Waals surface area contributed by atoms with Gasteiger partial charge in [-0.3, -0.25) is 23.5 Å². The molecule has 218 valence electrons. The lowest BCUT2D eigenvalue weighted by atomic mass is 10.1. The highest BCUT2D eigenvalue weighted by Gasteiger charge is 2.40. The number of hydrogen-bond donors (Lipinski definition) is 1. The summed E-state index contributed by atoms with van der Waals surface area (Å²) in [6.45, 7) is 9.62. The highest BCUT2D eigenvalue weighted by Crippen LogP contribution is 2.41. The smallest absolute Gasteiger partial charge is 0.360 e. The molecule has 3 heterocycles. The van der Waals surface area contributed by atoms with Crippen LogP contribution in [0.4, 0.5) is 19.0 Å². The molecule has 1 saturated carbocycles. The molecule has 1 aliphatic carbocycles. The lowest BCUT2D eigenvalue weighted by molar-refractivity contribution is -0.162. The van der Waals surface area contributed by atoms with Gasteiger partial charge in [0.2, 0.25) is 0 Å². The molecule has 0 aliphatic heterocycles. The van der Waals surface area contributed by atoms with Gasteiger partial charge in [-0.25, -0.2) is 19.9 Å². The van der Waals surface area contributed by atoms with Gasteiger partial charge in [0.15, 0.2) is 17.3 Å². The van der Waals surface area contributed by atoms with Crippen LogP contribution in [0.15, 0.2) is 43.7 Å². The van der Waals surface area contributed by atoms with E-state index in [-0.39, 0.29) is 35.3 Å². The number of aliphatic imine (C=N–C) groups is 2. The summed E-state index contributed by atoms with van der Waals surface area (Å²) in [6.07, 6.45) is 0.362. The molecule has 4 rings (SSSR count). The van der Waals surface area contributed by atoms with Crippen molar-refractivity contribution in [1.82, 2.24) is 24.5 Å². The van der Waals surface area contributed by atoms with Crippen molar-refractivity contribution in [1.29, 1.82) is 0 Å². The van der Waals surface area contributed by atoms with Gasteiger partial charge in [0, 0.05) is 23.4 Å². The first-order valence-electron chi connectivity index (χ1n) is 13.2. The lowest BCUT2D eigenvalue weighted by Crippen LogP contribution is -2.35. The van der Waals surface area contributed by atoms with Gasteiger partial charge in [-0.05, 0) is 52.0 Å². The SMILES string of the molecule is C=NC=N/C(=C(\CC)c1nc(C)c2nc(NCc3ccc(S(=O)CC)cn3)c(=O)n(C(C)C(F)(F)F)c2n1)C1CC1. The standard InChI is InChI=1S/C27H31F3N8O2S/c1-6-20(22(17-8-9-17)34-14-31-5)23-35-15(3)21-25(37-23)38(16(4)27(28,29)30)26(39)24(36-21)33-12-18-10-11-19(13-32-18)41(40)7-2/h10-11,13-14,16-17H,5-9,12H2,1-4H3,(H,33,36)/b22-20+,34-14?. The molecule has 1 aliphatic rings. The fourth-order valence-electron chi connectivity index (χ4n) is 4.31. The van der Waals surface area contributed by atoms with Gasteiger partial charge in [0.05, 0.1) is 39.3 Å². The average Bonchev–Trinajstić information content (AvgIpc) is 3.79. The first kappa shape index (κ1) is 30.2. The highest BCUT2D eigenvalue weighted by atomic mass is 32.2. The van der Waals surface area contributed by atoms with E-state index in [4.69, 9.17) is 0 Å². The third kappa shape index (κ3) is 6.58. The van der Waals surface area contributed by atoms with Crippen molar-refractivity contribution in [2.45, 2.75) is 70.6 Å². The topological polar surface area (TPSA) is 127 Å². The number of hydrogen-bond acceptors (Lipinski definition) is 8. The number of fused-ring (bicyclic) bond motifs is 1. The molecule has 3 aromatic rings. The van der Waals surface area contributed by atoms with Gasteiger partial charge in [-0.2, -0.15) is 13.2 Å². The van der Waals surface area contributed by atoms with Gasteiger partial charge in [0.1, 0.15) is 17.9 Å². The fraction of sp³-hybridized carbons (Fsp3) is 0.444. The van der Waals surface area contributed by atoms with E-state index >= 15 is 0 Å². The van der Waals surface area contributed by atoms with Crippen LogP contribution in [0.5, 0.6) is 0 Å². The van der Waals surface area contributed by atoms with E-state index in [0.29, 0.717) is 44.3 Å². The summed E-state index contributed by atoms with van der Waals surface area (Å²) in [7, 11) is -1.18. The minimum absolute atomic E-state index is 0.00792. The van der Waals surface area contributed by atoms with Crippen LogP contribution >= 0.6 is 0 Å². The molecule has 0 radical (unpaired) electrons. The van der Waals surface area contributed by atoms with E-state index < -0.39 is 28.6 Å². The van der Waals surface area contributed by atoms with Crippen LogP contribution in [-0.2, 0) is 17.3 Å². The van der Waals surface area contributed by atoms with Gasteiger partial charge in [-0.15, -0.1) is 0 Å². The molecular formula is C27H31F3N8O2S. The number of rotatable bonds is 11. The molecule has 2 atom stereocenters. The number of halogens is 3. The maximum Gasteiger partial charge on any atom is 0.409 e. The van der Waals surface area contributed by atoms with E-state index in [0.717, 1.165) is 19.8 Å². The fourth-order valence-corrected chi connectivity index (χ4v) is 5.03. The van der Waals surface area contributed by atoms with Gasteiger partial charge in [-0.1, -0.05) is 13.8 Å². The maximum atomic E-state index is 14.0. The predicted octanol–water partition coefficient (Wildman–Crippen LogP) is 5.01. The van der Waals surface area contributed by atoms with Crippen molar-refractivity contribution in [3.8, 4) is 0 Å². The van der Waals surface area contributed by atoms with Crippen molar-refractivity contribution >= 4 is 46.4 Å². The zero-order valence-corrected chi connectivity index (χ0v) is 24.0. The number of nitrogens with zero attached hydrogens (tertiary/aromatic N) is 7. The number of allylic oxidation sites excluding steroid dienone is 2. The Balaban J connectivity index is 1.84. The number of aromatic nitrogens is 5. The number of alkyl halides is 3. The van der Waals surface area contributed by atoms with Gasteiger partial charge in [0.25, 0.3) is 5.56 Å². The molecule has 2 unspecified atom stereocenters. The Bertz CT molecular complexity index is 1600. The van der Waals surface area contributed by atoms with E-state index in [2.05, 4.69) is 42.0 Å². The minimum atomic E-state index is -4.73. The molecule has 3 aromatic heterocycles. The summed E-state index contributed by atoms with van der Waals surface area (Å²) in [5.41, 5.74) is 1.04. The Hall–Kier alpha value is -3.81. The third-order valence-electron chi connectivity index (χ3n) is 6.71. The largest absolute Gasteiger partial charge is 0.409 e. The van der Waals surface area contributed by atoms with E-state index in [1.807, 2.05) is 6.92 Å². The molecular weight excluding hydrogens is 557 g/mol. The summed E-state index contributed by atoms with van der Waals surface area (Å²) >= 11 is 0. The Morgan fingerprint density at radius 3 is 2.56 bits per heavy atom. The first-order valence-corrected chi connectivity index (χ1v) is 14.5. The van der Waals surface area contributed by atoms with Crippen molar-refractivity contribution < 1.29 is 17.4 Å². The molecule has 10 nitrogen and oxygen atoms in total. The van der Waals surface area contributed by atoms with Crippen molar-refractivity contribution in [3.63, 3.8) is 0 Å². The summed E-state index contributed by atoms with van der Waals surface area (Å²) in [5.74, 6) is 0.520. The van der Waals surface area contributed by atoms with Crippen LogP contribution in [0.25, 0.3) is 16.7 Å². The lowest BCUT2D eigenvalue weighted by Gasteiger charge is -2.22. The molecule has 0 spiro atoms. The summed E-state index contributed by atoms with van der Waals surface area (Å²) in [4.78, 5) is 39.8. The number of aryl methyl sites for hydroxylation is 1. The molecule has 1 fully saturated rings. The first-order chi connectivity index (χ1) is 19.5. The van der Waals surface area contributed by atoms with Crippen LogP contribution in [0.3, 0.4) is 0 Å². The Labute approximate surface area is 237 Å². The van der Waals surface area contributed by atoms with Crippen LogP contribution in [-0.4, -0.2) is 53.7 Å². The van der Waals surface area contributed by atoms with Crippen LogP contribution in [0, 0.1) is 12.8 Å². The monoisotopic (exact) mass is 588 g/mol. The zero-order valence-electron chi connectivity index (χ0n) is 23.2. The third-order valence-corrected chi connectivity index (χ3v) is 8.00. The summed E-state index contributed by atoms with van der Waals surface area (Å²) in [6, 6.07) is 1.10. The number of nitrogens with one attached hydrogen (secondary N) is 1. The molecule has 41 heavy (non-hydrogen) atoms. The van der Waals surface area contributed by atoms with Gasteiger partial charge >= 0.3 is 6.18 Å². The van der Waals surface area contributed by atoms with E-state index in [1.54, 1.807) is 26.0 Å². The second-order valence-corrected chi connectivity index (χ2v) is 11.3. The van der Waals surface area contributed by atoms with Crippen molar-refractivity contribution in [2.24, 2.45) is 15.9 Å². The van der Waals surface area contributed by atoms with Crippen LogP contribution in [0.2, 0.25) is 0 Å². The normalized spacial score (nSPS) is 16.1.